The fourth-order valence-electron chi connectivity index (χ4n) is 1.51. The Hall–Kier alpha value is -1.96. The summed E-state index contributed by atoms with van der Waals surface area (Å²) in [5.41, 5.74) is 1.05. The van der Waals surface area contributed by atoms with Crippen LogP contribution in [0, 0.1) is 13.8 Å². The lowest BCUT2D eigenvalue weighted by atomic mass is 10.2. The van der Waals surface area contributed by atoms with Gasteiger partial charge in [-0.25, -0.2) is 9.78 Å². The van der Waals surface area contributed by atoms with Crippen LogP contribution in [0.25, 0.3) is 0 Å². The van der Waals surface area contributed by atoms with Crippen molar-refractivity contribution in [3.05, 3.63) is 45.7 Å². The van der Waals surface area contributed by atoms with Crippen molar-refractivity contribution in [1.29, 1.82) is 0 Å². The fraction of sp³-hybridized carbons (Fsp3) is 0.308. The van der Waals surface area contributed by atoms with E-state index in [2.05, 4.69) is 14.7 Å². The smallest absolute Gasteiger partial charge is 0.432 e. The third kappa shape index (κ3) is 3.78. The minimum Gasteiger partial charge on any atom is -0.441 e. The Bertz CT molecular complexity index is 638. The number of halogens is 3. The van der Waals surface area contributed by atoms with Crippen molar-refractivity contribution in [1.82, 2.24) is 9.97 Å². The highest BCUT2D eigenvalue weighted by Crippen LogP contribution is 2.37. The Balaban J connectivity index is 2.23. The lowest BCUT2D eigenvalue weighted by molar-refractivity contribution is -0.207. The van der Waals surface area contributed by atoms with E-state index in [0.717, 1.165) is 11.3 Å². The molecule has 0 saturated heterocycles. The van der Waals surface area contributed by atoms with Crippen LogP contribution in [0.1, 0.15) is 32.9 Å². The van der Waals surface area contributed by atoms with Gasteiger partial charge in [-0.05, 0) is 26.0 Å². The minimum absolute atomic E-state index is 0.0388. The van der Waals surface area contributed by atoms with Crippen LogP contribution < -0.4 is 0 Å². The highest BCUT2D eigenvalue weighted by atomic mass is 32.1. The van der Waals surface area contributed by atoms with Crippen molar-refractivity contribution in [2.75, 3.05) is 0 Å². The van der Waals surface area contributed by atoms with Crippen LogP contribution in [0.4, 0.5) is 13.2 Å². The second-order valence-electron chi connectivity index (χ2n) is 4.34. The van der Waals surface area contributed by atoms with Crippen LogP contribution in [0.5, 0.6) is 0 Å². The van der Waals surface area contributed by atoms with Crippen molar-refractivity contribution >= 4 is 17.3 Å². The number of aryl methyl sites for hydroxylation is 2. The molecule has 2 aromatic heterocycles. The molecule has 0 aliphatic carbocycles. The Kier molecular flexibility index (Phi) is 4.26. The highest BCUT2D eigenvalue weighted by Gasteiger charge is 2.46. The van der Waals surface area contributed by atoms with Crippen LogP contribution >= 0.6 is 11.3 Å². The predicted octanol–water partition coefficient (Wildman–Crippen LogP) is 3.62. The molecule has 2 aromatic rings. The third-order valence-electron chi connectivity index (χ3n) is 2.53. The molecular weight excluding hydrogens is 305 g/mol. The molecule has 2 rings (SSSR count). The maximum Gasteiger partial charge on any atom is 0.432 e. The lowest BCUT2D eigenvalue weighted by Crippen LogP contribution is -2.26. The number of rotatable bonds is 3. The van der Waals surface area contributed by atoms with Gasteiger partial charge in [-0.15, -0.1) is 11.3 Å². The average Bonchev–Trinajstić information content (AvgIpc) is 2.81. The van der Waals surface area contributed by atoms with Gasteiger partial charge in [0, 0.05) is 23.0 Å². The lowest BCUT2D eigenvalue weighted by Gasteiger charge is -2.18. The van der Waals surface area contributed by atoms with Crippen molar-refractivity contribution in [3.63, 3.8) is 0 Å². The average molecular weight is 316 g/mol. The van der Waals surface area contributed by atoms with E-state index in [-0.39, 0.29) is 10.6 Å². The molecule has 112 valence electrons. The van der Waals surface area contributed by atoms with E-state index in [1.165, 1.54) is 23.7 Å². The SMILES string of the molecule is Cc1ccc(C(=O)OC(c2nc(C)cs2)C(F)(F)F)cn1. The molecule has 1 atom stereocenters. The van der Waals surface area contributed by atoms with Crippen LogP contribution in [0.3, 0.4) is 0 Å². The van der Waals surface area contributed by atoms with E-state index in [0.29, 0.717) is 11.4 Å². The van der Waals surface area contributed by atoms with Gasteiger partial charge in [-0.2, -0.15) is 13.2 Å². The van der Waals surface area contributed by atoms with Crippen molar-refractivity contribution in [2.45, 2.75) is 26.1 Å². The van der Waals surface area contributed by atoms with E-state index in [9.17, 15) is 18.0 Å². The molecule has 0 N–H and O–H groups in total. The zero-order chi connectivity index (χ0) is 15.6. The molecule has 0 aliphatic heterocycles. The van der Waals surface area contributed by atoms with E-state index >= 15 is 0 Å². The number of pyridine rings is 1. The predicted molar refractivity (Wildman–Crippen MR) is 70.0 cm³/mol. The largest absolute Gasteiger partial charge is 0.441 e. The Morgan fingerprint density at radius 2 is 2.00 bits per heavy atom. The van der Waals surface area contributed by atoms with Crippen molar-refractivity contribution < 1.29 is 22.7 Å². The summed E-state index contributed by atoms with van der Waals surface area (Å²) in [7, 11) is 0. The first-order valence-electron chi connectivity index (χ1n) is 5.90. The zero-order valence-electron chi connectivity index (χ0n) is 11.1. The normalized spacial score (nSPS) is 13.0. The number of hydrogen-bond acceptors (Lipinski definition) is 5. The van der Waals surface area contributed by atoms with Gasteiger partial charge in [0.05, 0.1) is 5.56 Å². The van der Waals surface area contributed by atoms with Gasteiger partial charge >= 0.3 is 12.1 Å². The molecule has 0 radical (unpaired) electrons. The summed E-state index contributed by atoms with van der Waals surface area (Å²) >= 11 is 0.800. The van der Waals surface area contributed by atoms with Gasteiger partial charge in [0.15, 0.2) is 0 Å². The Labute approximate surface area is 122 Å². The number of aromatic nitrogens is 2. The zero-order valence-corrected chi connectivity index (χ0v) is 12.0. The number of carbonyl (C=O) groups excluding carboxylic acids is 1. The molecule has 4 nitrogen and oxygen atoms in total. The summed E-state index contributed by atoms with van der Waals surface area (Å²) in [4.78, 5) is 19.4. The summed E-state index contributed by atoms with van der Waals surface area (Å²) < 4.78 is 43.7. The summed E-state index contributed by atoms with van der Waals surface area (Å²) in [6, 6.07) is 2.89. The van der Waals surface area contributed by atoms with Gasteiger partial charge in [-0.1, -0.05) is 0 Å². The van der Waals surface area contributed by atoms with Gasteiger partial charge in [0.2, 0.25) is 6.10 Å². The second kappa shape index (κ2) is 5.80. The van der Waals surface area contributed by atoms with Gasteiger partial charge in [-0.3, -0.25) is 4.98 Å². The number of hydrogen-bond donors (Lipinski definition) is 0. The molecule has 0 aliphatic rings. The highest BCUT2D eigenvalue weighted by molar-refractivity contribution is 7.09. The maximum absolute atomic E-state index is 13.0. The summed E-state index contributed by atoms with van der Waals surface area (Å²) in [5, 5.41) is 1.17. The minimum atomic E-state index is -4.72. The van der Waals surface area contributed by atoms with E-state index in [4.69, 9.17) is 0 Å². The van der Waals surface area contributed by atoms with E-state index in [1.54, 1.807) is 13.8 Å². The van der Waals surface area contributed by atoms with Gasteiger partial charge in [0.1, 0.15) is 5.01 Å². The molecule has 1 unspecified atom stereocenters. The number of thiazole rings is 1. The molecule has 0 bridgehead atoms. The van der Waals surface area contributed by atoms with Crippen LogP contribution in [-0.4, -0.2) is 22.1 Å². The van der Waals surface area contributed by atoms with Gasteiger partial charge in [0.25, 0.3) is 0 Å². The number of ether oxygens (including phenoxy) is 1. The second-order valence-corrected chi connectivity index (χ2v) is 5.23. The van der Waals surface area contributed by atoms with Gasteiger partial charge < -0.3 is 4.74 Å². The monoisotopic (exact) mass is 316 g/mol. The molecule has 0 amide bonds. The quantitative estimate of drug-likeness (QED) is 0.812. The first-order valence-corrected chi connectivity index (χ1v) is 6.77. The topological polar surface area (TPSA) is 52.1 Å². The molecular formula is C13H11F3N2O2S. The third-order valence-corrected chi connectivity index (χ3v) is 3.54. The number of carbonyl (C=O) groups is 1. The number of esters is 1. The molecule has 0 fully saturated rings. The van der Waals surface area contributed by atoms with Crippen LogP contribution in [-0.2, 0) is 4.74 Å². The standard InChI is InChI=1S/C13H11F3N2O2S/c1-7-3-4-9(5-17-7)12(19)20-10(13(14,15)16)11-18-8(2)6-21-11/h3-6,10H,1-2H3. The first kappa shape index (κ1) is 15.4. The van der Waals surface area contributed by atoms with Crippen LogP contribution in [0.15, 0.2) is 23.7 Å². The summed E-state index contributed by atoms with van der Waals surface area (Å²) in [6.45, 7) is 3.27. The summed E-state index contributed by atoms with van der Waals surface area (Å²) in [6.07, 6.45) is -5.92. The molecule has 2 heterocycles. The molecule has 8 heteroatoms. The number of nitrogens with zero attached hydrogens (tertiary/aromatic N) is 2. The number of alkyl halides is 3. The fourth-order valence-corrected chi connectivity index (χ4v) is 2.36. The summed E-state index contributed by atoms with van der Waals surface area (Å²) in [5.74, 6) is -1.09. The molecule has 21 heavy (non-hydrogen) atoms. The molecule has 0 saturated carbocycles. The van der Waals surface area contributed by atoms with E-state index in [1.807, 2.05) is 0 Å². The Morgan fingerprint density at radius 1 is 1.29 bits per heavy atom. The molecule has 0 aromatic carbocycles. The van der Waals surface area contributed by atoms with Crippen LogP contribution in [0.2, 0.25) is 0 Å². The maximum atomic E-state index is 13.0. The first-order chi connectivity index (χ1) is 9.77. The van der Waals surface area contributed by atoms with Crippen molar-refractivity contribution in [2.24, 2.45) is 0 Å². The Morgan fingerprint density at radius 3 is 2.48 bits per heavy atom. The van der Waals surface area contributed by atoms with E-state index < -0.39 is 18.2 Å². The van der Waals surface area contributed by atoms with Crippen molar-refractivity contribution in [3.8, 4) is 0 Å². The molecule has 0 spiro atoms.